The summed E-state index contributed by atoms with van der Waals surface area (Å²) in [7, 11) is 0. The van der Waals surface area contributed by atoms with E-state index >= 15 is 0 Å². The van der Waals surface area contributed by atoms with Crippen LogP contribution in [0.1, 0.15) is 65.7 Å². The number of nitrogens with one attached hydrogen (secondary N) is 1. The van der Waals surface area contributed by atoms with Gasteiger partial charge in [-0.3, -0.25) is 0 Å². The van der Waals surface area contributed by atoms with Crippen LogP contribution in [0.2, 0.25) is 0 Å². The van der Waals surface area contributed by atoms with Crippen LogP contribution in [0.3, 0.4) is 0 Å². The molecule has 1 aliphatic heterocycles. The van der Waals surface area contributed by atoms with Gasteiger partial charge in [-0.05, 0) is 63.3 Å². The normalized spacial score (nSPS) is 28.3. The largest absolute Gasteiger partial charge is 0.375 e. The van der Waals surface area contributed by atoms with Crippen molar-refractivity contribution in [3.8, 4) is 0 Å². The smallest absolute Gasteiger partial charge is 0.0685 e. The van der Waals surface area contributed by atoms with Gasteiger partial charge in [-0.25, -0.2) is 0 Å². The molecule has 18 heavy (non-hydrogen) atoms. The third-order valence-corrected chi connectivity index (χ3v) is 4.89. The van der Waals surface area contributed by atoms with E-state index in [1.54, 1.807) is 0 Å². The Bertz CT molecular complexity index is 247. The van der Waals surface area contributed by atoms with Gasteiger partial charge in [0.05, 0.1) is 5.60 Å². The van der Waals surface area contributed by atoms with E-state index in [2.05, 4.69) is 26.1 Å². The first kappa shape index (κ1) is 14.3. The maximum absolute atomic E-state index is 6.06. The Morgan fingerprint density at radius 3 is 2.61 bits per heavy atom. The van der Waals surface area contributed by atoms with Crippen molar-refractivity contribution in [1.29, 1.82) is 0 Å². The molecule has 2 rings (SSSR count). The Balaban J connectivity index is 1.87. The van der Waals surface area contributed by atoms with Crippen LogP contribution in [0.5, 0.6) is 0 Å². The average Bonchev–Trinajstić information content (AvgIpc) is 2.32. The zero-order chi connectivity index (χ0) is 13.0. The highest BCUT2D eigenvalue weighted by Gasteiger charge is 2.43. The summed E-state index contributed by atoms with van der Waals surface area (Å²) in [5, 5.41) is 3.74. The van der Waals surface area contributed by atoms with Gasteiger partial charge in [0.1, 0.15) is 0 Å². The Morgan fingerprint density at radius 1 is 1.28 bits per heavy atom. The molecule has 1 saturated carbocycles. The van der Waals surface area contributed by atoms with Crippen LogP contribution < -0.4 is 5.32 Å². The molecule has 1 spiro atoms. The maximum Gasteiger partial charge on any atom is 0.0685 e. The lowest BCUT2D eigenvalue weighted by Crippen LogP contribution is -2.50. The molecule has 2 unspecified atom stereocenters. The highest BCUT2D eigenvalue weighted by atomic mass is 16.5. The fourth-order valence-corrected chi connectivity index (χ4v) is 3.61. The first-order valence-corrected chi connectivity index (χ1v) is 8.02. The minimum absolute atomic E-state index is 0.300. The molecular weight excluding hydrogens is 222 g/mol. The second-order valence-electron chi connectivity index (χ2n) is 6.77. The molecule has 0 aromatic carbocycles. The van der Waals surface area contributed by atoms with Crippen LogP contribution in [0.25, 0.3) is 0 Å². The molecule has 2 atom stereocenters. The summed E-state index contributed by atoms with van der Waals surface area (Å²) in [6, 6.07) is 0.721. The molecule has 2 fully saturated rings. The van der Waals surface area contributed by atoms with E-state index in [1.807, 2.05) is 0 Å². The van der Waals surface area contributed by atoms with Crippen LogP contribution in [0, 0.1) is 11.8 Å². The third-order valence-electron chi connectivity index (χ3n) is 4.89. The van der Waals surface area contributed by atoms with Crippen LogP contribution >= 0.6 is 0 Å². The Hall–Kier alpha value is -0.0800. The van der Waals surface area contributed by atoms with Crippen LogP contribution in [-0.2, 0) is 4.74 Å². The number of rotatable bonds is 6. The fraction of sp³-hybridized carbons (Fsp3) is 1.00. The van der Waals surface area contributed by atoms with Crippen molar-refractivity contribution < 1.29 is 4.74 Å². The SMILES string of the molecule is CCNC(CCC(C)C)C1CCOC2(CCC2)C1. The van der Waals surface area contributed by atoms with E-state index in [4.69, 9.17) is 4.74 Å². The number of hydrogen-bond donors (Lipinski definition) is 1. The summed E-state index contributed by atoms with van der Waals surface area (Å²) in [4.78, 5) is 0. The third kappa shape index (κ3) is 3.48. The molecule has 106 valence electrons. The van der Waals surface area contributed by atoms with Crippen molar-refractivity contribution in [2.45, 2.75) is 77.4 Å². The molecule has 2 heteroatoms. The van der Waals surface area contributed by atoms with Crippen molar-refractivity contribution in [2.24, 2.45) is 11.8 Å². The Labute approximate surface area is 113 Å². The quantitative estimate of drug-likeness (QED) is 0.778. The minimum Gasteiger partial charge on any atom is -0.375 e. The van der Waals surface area contributed by atoms with E-state index in [9.17, 15) is 0 Å². The summed E-state index contributed by atoms with van der Waals surface area (Å²) in [5.41, 5.74) is 0.300. The maximum atomic E-state index is 6.06. The van der Waals surface area contributed by atoms with Crippen LogP contribution in [0.15, 0.2) is 0 Å². The van der Waals surface area contributed by atoms with Crippen molar-refractivity contribution in [2.75, 3.05) is 13.2 Å². The van der Waals surface area contributed by atoms with Crippen molar-refractivity contribution in [3.05, 3.63) is 0 Å². The lowest BCUT2D eigenvalue weighted by molar-refractivity contribution is -0.147. The molecule has 0 bridgehead atoms. The molecule has 1 N–H and O–H groups in total. The summed E-state index contributed by atoms with van der Waals surface area (Å²) in [5.74, 6) is 1.67. The predicted molar refractivity (Wildman–Crippen MR) is 76.8 cm³/mol. The van der Waals surface area contributed by atoms with E-state index in [0.29, 0.717) is 5.60 Å². The first-order valence-electron chi connectivity index (χ1n) is 8.02. The molecule has 0 radical (unpaired) electrons. The Morgan fingerprint density at radius 2 is 2.06 bits per heavy atom. The number of ether oxygens (including phenoxy) is 1. The van der Waals surface area contributed by atoms with Gasteiger partial charge in [-0.15, -0.1) is 0 Å². The van der Waals surface area contributed by atoms with Gasteiger partial charge >= 0.3 is 0 Å². The Kier molecular flexibility index (Phi) is 5.08. The second-order valence-corrected chi connectivity index (χ2v) is 6.77. The summed E-state index contributed by atoms with van der Waals surface area (Å²) in [6.07, 6.45) is 9.26. The first-order chi connectivity index (χ1) is 8.65. The second kappa shape index (κ2) is 6.38. The zero-order valence-corrected chi connectivity index (χ0v) is 12.5. The average molecular weight is 253 g/mol. The molecule has 0 amide bonds. The standard InChI is InChI=1S/C16H31NO/c1-4-17-15(7-6-13(2)3)14-8-11-18-16(12-14)9-5-10-16/h13-15,17H,4-12H2,1-3H3. The molecule has 1 saturated heterocycles. The van der Waals surface area contributed by atoms with Crippen molar-refractivity contribution >= 4 is 0 Å². The lowest BCUT2D eigenvalue weighted by atomic mass is 9.70. The summed E-state index contributed by atoms with van der Waals surface area (Å²) in [6.45, 7) is 9.00. The van der Waals surface area contributed by atoms with Crippen LogP contribution in [-0.4, -0.2) is 24.8 Å². The topological polar surface area (TPSA) is 21.3 Å². The highest BCUT2D eigenvalue weighted by Crippen LogP contribution is 2.45. The van der Waals surface area contributed by atoms with Gasteiger partial charge in [0.25, 0.3) is 0 Å². The predicted octanol–water partition coefficient (Wildman–Crippen LogP) is 3.75. The van der Waals surface area contributed by atoms with Gasteiger partial charge < -0.3 is 10.1 Å². The summed E-state index contributed by atoms with van der Waals surface area (Å²) >= 11 is 0. The highest BCUT2D eigenvalue weighted by molar-refractivity contribution is 4.96. The number of hydrogen-bond acceptors (Lipinski definition) is 2. The minimum atomic E-state index is 0.300. The fourth-order valence-electron chi connectivity index (χ4n) is 3.61. The molecule has 2 nitrogen and oxygen atoms in total. The molecule has 0 aromatic heterocycles. The van der Waals surface area contributed by atoms with Gasteiger partial charge in [0.15, 0.2) is 0 Å². The van der Waals surface area contributed by atoms with Crippen molar-refractivity contribution in [1.82, 2.24) is 5.32 Å². The van der Waals surface area contributed by atoms with Gasteiger partial charge in [0.2, 0.25) is 0 Å². The van der Waals surface area contributed by atoms with E-state index in [1.165, 1.54) is 44.9 Å². The van der Waals surface area contributed by atoms with Gasteiger partial charge in [0, 0.05) is 12.6 Å². The molecule has 0 aromatic rings. The lowest BCUT2D eigenvalue weighted by Gasteiger charge is -2.49. The molecule has 1 heterocycles. The van der Waals surface area contributed by atoms with Gasteiger partial charge in [-0.1, -0.05) is 20.8 Å². The van der Waals surface area contributed by atoms with Crippen LogP contribution in [0.4, 0.5) is 0 Å². The van der Waals surface area contributed by atoms with E-state index < -0.39 is 0 Å². The molecule has 2 aliphatic rings. The van der Waals surface area contributed by atoms with Crippen molar-refractivity contribution in [3.63, 3.8) is 0 Å². The summed E-state index contributed by atoms with van der Waals surface area (Å²) < 4.78 is 6.06. The monoisotopic (exact) mass is 253 g/mol. The van der Waals surface area contributed by atoms with E-state index in [-0.39, 0.29) is 0 Å². The van der Waals surface area contributed by atoms with Gasteiger partial charge in [-0.2, -0.15) is 0 Å². The molecular formula is C16H31NO. The molecule has 1 aliphatic carbocycles. The van der Waals surface area contributed by atoms with E-state index in [0.717, 1.165) is 31.0 Å². The zero-order valence-electron chi connectivity index (χ0n) is 12.5.